The van der Waals surface area contributed by atoms with Gasteiger partial charge in [0.05, 0.1) is 12.6 Å². The molecule has 5 atom stereocenters. The van der Waals surface area contributed by atoms with Gasteiger partial charge in [-0.25, -0.2) is 0 Å². The molecule has 4 aliphatic heterocycles. The molecule has 1 N–H and O–H groups in total. The fourth-order valence-electron chi connectivity index (χ4n) is 5.09. The van der Waals surface area contributed by atoms with Crippen LogP contribution < -0.4 is 5.32 Å². The smallest absolute Gasteiger partial charge is 0.237 e. The van der Waals surface area contributed by atoms with Crippen molar-refractivity contribution < 1.29 is 19.0 Å². The number of piperidine rings is 1. The summed E-state index contributed by atoms with van der Waals surface area (Å²) in [7, 11) is 0. The molecule has 4 saturated heterocycles. The Morgan fingerprint density at radius 1 is 1.23 bits per heavy atom. The molecular formula is C21H33N5O5. The summed E-state index contributed by atoms with van der Waals surface area (Å²) in [5, 5.41) is 15.9. The third kappa shape index (κ3) is 4.76. The van der Waals surface area contributed by atoms with Gasteiger partial charge in [0.2, 0.25) is 5.91 Å². The van der Waals surface area contributed by atoms with Crippen LogP contribution in [0.1, 0.15) is 46.5 Å². The van der Waals surface area contributed by atoms with Crippen LogP contribution in [0.5, 0.6) is 0 Å². The lowest BCUT2D eigenvalue weighted by atomic mass is 9.89. The van der Waals surface area contributed by atoms with Gasteiger partial charge in [0.1, 0.15) is 18.2 Å². The molecule has 0 aliphatic carbocycles. The number of hydrogen-bond acceptors (Lipinski definition) is 9. The number of fused-ring (bicyclic) bond motifs is 1. The van der Waals surface area contributed by atoms with E-state index < -0.39 is 24.2 Å². The Balaban J connectivity index is 1.24. The Morgan fingerprint density at radius 3 is 2.65 bits per heavy atom. The zero-order chi connectivity index (χ0) is 22.2. The maximum absolute atomic E-state index is 12.5. The van der Waals surface area contributed by atoms with Gasteiger partial charge in [-0.3, -0.25) is 4.79 Å². The van der Waals surface area contributed by atoms with Crippen LogP contribution in [-0.4, -0.2) is 90.3 Å². The van der Waals surface area contributed by atoms with Gasteiger partial charge in [-0.15, -0.1) is 0 Å². The summed E-state index contributed by atoms with van der Waals surface area (Å²) in [5.74, 6) is -0.761. The highest BCUT2D eigenvalue weighted by Crippen LogP contribution is 2.39. The number of hydrogen-bond donors (Lipinski definition) is 1. The molecule has 0 radical (unpaired) electrons. The molecule has 1 amide bonds. The molecule has 0 aromatic carbocycles. The van der Waals surface area contributed by atoms with Crippen molar-refractivity contribution >= 4 is 5.91 Å². The molecule has 0 spiro atoms. The minimum atomic E-state index is -0.762. The van der Waals surface area contributed by atoms with Crippen LogP contribution in [0.2, 0.25) is 0 Å². The topological polar surface area (TPSA) is 116 Å². The van der Waals surface area contributed by atoms with Gasteiger partial charge in [0, 0.05) is 18.6 Å². The molecule has 1 unspecified atom stereocenters. The molecule has 0 aromatic rings. The summed E-state index contributed by atoms with van der Waals surface area (Å²) >= 11 is 0. The molecule has 10 heteroatoms. The monoisotopic (exact) mass is 435 g/mol. The standard InChI is InChI=1S/C21H33N5O5/c1-20(2)30-18-17(24-28)15(29-19(18)31-20)13-25-9-6-21(3,7-10-25)23-12-16(27)26-8-4-5-14(26)11-22/h14-15,17-19,23H,4-10,12-13H2,1-3H3/t14-,15+,17?,18+,19+/m0/s1. The van der Waals surface area contributed by atoms with E-state index in [1.54, 1.807) is 18.7 Å². The van der Waals surface area contributed by atoms with Crippen LogP contribution in [-0.2, 0) is 19.0 Å². The van der Waals surface area contributed by atoms with E-state index in [0.29, 0.717) is 13.1 Å². The lowest BCUT2D eigenvalue weighted by molar-refractivity contribution is -0.207. The number of likely N-dealkylation sites (tertiary alicyclic amines) is 2. The van der Waals surface area contributed by atoms with Gasteiger partial charge in [-0.2, -0.15) is 10.2 Å². The second kappa shape index (κ2) is 8.71. The van der Waals surface area contributed by atoms with Crippen LogP contribution in [0.3, 0.4) is 0 Å². The second-order valence-corrected chi connectivity index (χ2v) is 9.83. The first-order chi connectivity index (χ1) is 14.7. The lowest BCUT2D eigenvalue weighted by Gasteiger charge is -2.41. The summed E-state index contributed by atoms with van der Waals surface area (Å²) in [4.78, 5) is 28.0. The van der Waals surface area contributed by atoms with Gasteiger partial charge in [0.15, 0.2) is 18.1 Å². The third-order valence-corrected chi connectivity index (χ3v) is 7.02. The normalized spacial score (nSPS) is 36.8. The van der Waals surface area contributed by atoms with Crippen LogP contribution in [0, 0.1) is 16.2 Å². The Bertz CT molecular complexity index is 732. The Kier molecular flexibility index (Phi) is 6.34. The van der Waals surface area contributed by atoms with Crippen LogP contribution >= 0.6 is 0 Å². The number of carbonyl (C=O) groups is 1. The number of ether oxygens (including phenoxy) is 3. The van der Waals surface area contributed by atoms with Crippen LogP contribution in [0.4, 0.5) is 0 Å². The molecule has 4 rings (SSSR count). The van der Waals surface area contributed by atoms with E-state index >= 15 is 0 Å². The molecule has 4 aliphatic rings. The molecule has 0 saturated carbocycles. The molecule has 0 bridgehead atoms. The van der Waals surface area contributed by atoms with E-state index in [0.717, 1.165) is 38.8 Å². The van der Waals surface area contributed by atoms with E-state index in [9.17, 15) is 15.0 Å². The fourth-order valence-corrected chi connectivity index (χ4v) is 5.09. The quantitative estimate of drug-likeness (QED) is 0.613. The number of amides is 1. The number of nitriles is 1. The summed E-state index contributed by atoms with van der Waals surface area (Å²) in [5.41, 5.74) is -0.139. The van der Waals surface area contributed by atoms with Gasteiger partial charge < -0.3 is 29.3 Å². The largest absolute Gasteiger partial charge is 0.343 e. The van der Waals surface area contributed by atoms with Crippen molar-refractivity contribution in [3.8, 4) is 6.07 Å². The molecule has 10 nitrogen and oxygen atoms in total. The number of carbonyl (C=O) groups excluding carboxylic acids is 1. The average Bonchev–Trinajstić information content (AvgIpc) is 3.40. The number of rotatable bonds is 6. The second-order valence-electron chi connectivity index (χ2n) is 9.83. The Morgan fingerprint density at radius 2 is 1.97 bits per heavy atom. The first-order valence-corrected chi connectivity index (χ1v) is 11.2. The van der Waals surface area contributed by atoms with Crippen molar-refractivity contribution in [2.24, 2.45) is 5.18 Å². The van der Waals surface area contributed by atoms with E-state index in [4.69, 9.17) is 14.2 Å². The first kappa shape index (κ1) is 22.6. The summed E-state index contributed by atoms with van der Waals surface area (Å²) in [6, 6.07) is 1.36. The van der Waals surface area contributed by atoms with E-state index in [1.165, 1.54) is 0 Å². The fraction of sp³-hybridized carbons (Fsp3) is 0.905. The van der Waals surface area contributed by atoms with Crippen molar-refractivity contribution in [3.63, 3.8) is 0 Å². The number of nitrogens with one attached hydrogen (secondary N) is 1. The van der Waals surface area contributed by atoms with Crippen LogP contribution in [0.25, 0.3) is 0 Å². The molecule has 0 aromatic heterocycles. The van der Waals surface area contributed by atoms with E-state index in [2.05, 4.69) is 28.4 Å². The Labute approximate surface area is 183 Å². The molecule has 31 heavy (non-hydrogen) atoms. The summed E-state index contributed by atoms with van der Waals surface area (Å²) < 4.78 is 17.5. The highest BCUT2D eigenvalue weighted by molar-refractivity contribution is 5.79. The zero-order valence-electron chi connectivity index (χ0n) is 18.6. The van der Waals surface area contributed by atoms with Crippen molar-refractivity contribution in [2.45, 2.75) is 88.4 Å². The van der Waals surface area contributed by atoms with Gasteiger partial charge in [-0.1, -0.05) is 5.18 Å². The van der Waals surface area contributed by atoms with Crippen molar-refractivity contribution in [3.05, 3.63) is 4.91 Å². The summed E-state index contributed by atoms with van der Waals surface area (Å²) in [6.45, 7) is 8.93. The zero-order valence-corrected chi connectivity index (χ0v) is 18.6. The van der Waals surface area contributed by atoms with Gasteiger partial charge in [-0.05, 0) is 59.5 Å². The maximum Gasteiger partial charge on any atom is 0.237 e. The van der Waals surface area contributed by atoms with Crippen LogP contribution in [0.15, 0.2) is 5.18 Å². The Hall–Kier alpha value is -1.64. The number of nitroso groups, excluding NO2 is 1. The maximum atomic E-state index is 12.5. The predicted molar refractivity (Wildman–Crippen MR) is 111 cm³/mol. The summed E-state index contributed by atoms with van der Waals surface area (Å²) in [6.07, 6.45) is 2.06. The van der Waals surface area contributed by atoms with E-state index in [1.807, 2.05) is 0 Å². The van der Waals surface area contributed by atoms with Gasteiger partial charge in [0.25, 0.3) is 0 Å². The van der Waals surface area contributed by atoms with Gasteiger partial charge >= 0.3 is 0 Å². The lowest BCUT2D eigenvalue weighted by Crippen LogP contribution is -2.55. The SMILES string of the molecule is CC1(NCC(=O)N2CCC[C@H]2C#N)CCN(C[C@H]2O[C@@H]3OC(C)(C)O[C@@H]3C2N=O)CC1. The highest BCUT2D eigenvalue weighted by atomic mass is 16.8. The highest BCUT2D eigenvalue weighted by Gasteiger charge is 2.56. The average molecular weight is 436 g/mol. The number of nitrogens with zero attached hydrogens (tertiary/aromatic N) is 4. The molecule has 4 fully saturated rings. The first-order valence-electron chi connectivity index (χ1n) is 11.2. The van der Waals surface area contributed by atoms with Crippen molar-refractivity contribution in [1.82, 2.24) is 15.1 Å². The predicted octanol–water partition coefficient (Wildman–Crippen LogP) is 0.956. The molecular weight excluding hydrogens is 402 g/mol. The molecule has 172 valence electrons. The molecule has 4 heterocycles. The third-order valence-electron chi connectivity index (χ3n) is 7.02. The van der Waals surface area contributed by atoms with E-state index in [-0.39, 0.29) is 30.1 Å². The van der Waals surface area contributed by atoms with Crippen molar-refractivity contribution in [2.75, 3.05) is 32.7 Å². The van der Waals surface area contributed by atoms with Crippen molar-refractivity contribution in [1.29, 1.82) is 5.26 Å². The minimum absolute atomic E-state index is 0.00132. The minimum Gasteiger partial charge on any atom is -0.343 e.